The summed E-state index contributed by atoms with van der Waals surface area (Å²) < 4.78 is 0. The molecule has 2 heteroatoms. The number of hydrogen-bond donors (Lipinski definition) is 0. The molecule has 0 aliphatic heterocycles. The van der Waals surface area contributed by atoms with Gasteiger partial charge in [-0.05, 0) is 24.1 Å². The fraction of sp³-hybridized carbons (Fsp3) is 0.0500. The maximum atomic E-state index is 9.08. The largest absolute Gasteiger partial charge is 0.193 e. The third-order valence-corrected chi connectivity index (χ3v) is 6.35. The third kappa shape index (κ3) is 3.08. The summed E-state index contributed by atoms with van der Waals surface area (Å²) in [4.78, 5) is 0. The van der Waals surface area contributed by atoms with Gasteiger partial charge in [-0.3, -0.25) is 0 Å². The molecule has 0 spiro atoms. The molecule has 0 heterocycles. The van der Waals surface area contributed by atoms with Gasteiger partial charge in [0, 0.05) is 11.7 Å². The molecule has 3 rings (SSSR count). The molecule has 0 saturated carbocycles. The Labute approximate surface area is 132 Å². The normalized spacial score (nSPS) is 18.5. The molecule has 1 nitrogen and oxygen atoms in total. The summed E-state index contributed by atoms with van der Waals surface area (Å²) in [5.74, 6) is 0. The number of benzene rings is 2. The van der Waals surface area contributed by atoms with Gasteiger partial charge in [-0.25, -0.2) is 0 Å². The second kappa shape index (κ2) is 7.03. The topological polar surface area (TPSA) is 23.8 Å². The van der Waals surface area contributed by atoms with Gasteiger partial charge in [0.15, 0.2) is 0 Å². The molecular formula is C20H16NP. The summed E-state index contributed by atoms with van der Waals surface area (Å²) in [5, 5.41) is 11.7. The van der Waals surface area contributed by atoms with Crippen molar-refractivity contribution in [1.29, 1.82) is 5.26 Å². The minimum atomic E-state index is -0.577. The molecule has 22 heavy (non-hydrogen) atoms. The van der Waals surface area contributed by atoms with Crippen molar-refractivity contribution in [3.63, 3.8) is 0 Å². The first kappa shape index (κ1) is 14.5. The monoisotopic (exact) mass is 301 g/mol. The highest BCUT2D eigenvalue weighted by Crippen LogP contribution is 2.44. The smallest absolute Gasteiger partial charge is 0.0915 e. The van der Waals surface area contributed by atoms with E-state index in [9.17, 15) is 0 Å². The highest BCUT2D eigenvalue weighted by atomic mass is 31.1. The van der Waals surface area contributed by atoms with Gasteiger partial charge >= 0.3 is 0 Å². The third-order valence-electron chi connectivity index (χ3n) is 3.61. The van der Waals surface area contributed by atoms with Crippen LogP contribution in [0, 0.1) is 11.3 Å². The van der Waals surface area contributed by atoms with Crippen LogP contribution in [-0.4, -0.2) is 5.66 Å². The number of nitrogens with zero attached hydrogens (tertiary/aromatic N) is 1. The Morgan fingerprint density at radius 3 is 2.00 bits per heavy atom. The quantitative estimate of drug-likeness (QED) is 0.619. The van der Waals surface area contributed by atoms with E-state index in [1.54, 1.807) is 6.08 Å². The number of nitriles is 1. The Morgan fingerprint density at radius 1 is 0.864 bits per heavy atom. The Hall–Kier alpha value is -2.42. The van der Waals surface area contributed by atoms with Crippen molar-refractivity contribution in [3.05, 3.63) is 96.6 Å². The first-order chi connectivity index (χ1) is 10.9. The molecule has 0 bridgehead atoms. The molecule has 106 valence electrons. The van der Waals surface area contributed by atoms with Crippen molar-refractivity contribution in [2.45, 2.75) is 5.66 Å². The van der Waals surface area contributed by atoms with Crippen LogP contribution in [0.3, 0.4) is 0 Å². The van der Waals surface area contributed by atoms with E-state index >= 15 is 0 Å². The second-order valence-corrected chi connectivity index (χ2v) is 7.33. The van der Waals surface area contributed by atoms with Crippen LogP contribution in [0.15, 0.2) is 96.6 Å². The maximum absolute atomic E-state index is 9.08. The summed E-state index contributed by atoms with van der Waals surface area (Å²) in [6.07, 6.45) is 10.0. The Bertz CT molecular complexity index is 712. The van der Waals surface area contributed by atoms with Gasteiger partial charge < -0.3 is 0 Å². The molecule has 2 aromatic rings. The maximum Gasteiger partial charge on any atom is 0.0915 e. The van der Waals surface area contributed by atoms with Crippen LogP contribution >= 0.6 is 7.92 Å². The Balaban J connectivity index is 2.10. The van der Waals surface area contributed by atoms with Crippen molar-refractivity contribution >= 4 is 18.5 Å². The average Bonchev–Trinajstić information content (AvgIpc) is 2.59. The van der Waals surface area contributed by atoms with E-state index in [0.717, 1.165) is 5.57 Å². The first-order valence-electron chi connectivity index (χ1n) is 7.24. The fourth-order valence-electron chi connectivity index (χ4n) is 2.64. The lowest BCUT2D eigenvalue weighted by Crippen LogP contribution is -2.22. The van der Waals surface area contributed by atoms with Gasteiger partial charge in [0.05, 0.1) is 6.07 Å². The number of allylic oxidation sites excluding steroid dienone is 6. The molecule has 1 atom stereocenters. The summed E-state index contributed by atoms with van der Waals surface area (Å²) in [6, 6.07) is 23.4. The van der Waals surface area contributed by atoms with Crippen molar-refractivity contribution in [2.24, 2.45) is 0 Å². The van der Waals surface area contributed by atoms with Crippen molar-refractivity contribution in [1.82, 2.24) is 0 Å². The molecule has 0 saturated heterocycles. The standard InChI is InChI=1S/C20H16NP/c21-16-15-17-9-7-8-14-20(17)22(18-10-3-1-4-11-18)19-12-5-2-6-13-19/h1-15,20H. The van der Waals surface area contributed by atoms with Crippen molar-refractivity contribution < 1.29 is 0 Å². The lowest BCUT2D eigenvalue weighted by atomic mass is 10.1. The number of hydrogen-bond acceptors (Lipinski definition) is 1. The van der Waals surface area contributed by atoms with E-state index in [1.807, 2.05) is 18.2 Å². The summed E-state index contributed by atoms with van der Waals surface area (Å²) in [6.45, 7) is 0. The highest BCUT2D eigenvalue weighted by Gasteiger charge is 2.25. The molecule has 1 unspecified atom stereocenters. The first-order valence-corrected chi connectivity index (χ1v) is 8.65. The SMILES string of the molecule is N#CC=C1C=CC=CC1P(c1ccccc1)c1ccccc1. The predicted molar refractivity (Wildman–Crippen MR) is 94.8 cm³/mol. The van der Waals surface area contributed by atoms with E-state index in [1.165, 1.54) is 10.6 Å². The van der Waals surface area contributed by atoms with Crippen LogP contribution in [0.5, 0.6) is 0 Å². The molecule has 0 amide bonds. The van der Waals surface area contributed by atoms with Gasteiger partial charge in [-0.1, -0.05) is 85.0 Å². The van der Waals surface area contributed by atoms with Crippen molar-refractivity contribution in [3.8, 4) is 6.07 Å². The minimum absolute atomic E-state index is 0.240. The summed E-state index contributed by atoms with van der Waals surface area (Å²) in [5.41, 5.74) is 1.33. The molecule has 0 fully saturated rings. The molecule has 0 aromatic heterocycles. The number of rotatable bonds is 3. The Morgan fingerprint density at radius 2 is 1.45 bits per heavy atom. The highest BCUT2D eigenvalue weighted by molar-refractivity contribution is 7.74. The van der Waals surface area contributed by atoms with Crippen LogP contribution in [-0.2, 0) is 0 Å². The zero-order valence-electron chi connectivity index (χ0n) is 12.1. The summed E-state index contributed by atoms with van der Waals surface area (Å²) >= 11 is 0. The lowest BCUT2D eigenvalue weighted by Gasteiger charge is -2.28. The van der Waals surface area contributed by atoms with Gasteiger partial charge in [0.25, 0.3) is 0 Å². The predicted octanol–water partition coefficient (Wildman–Crippen LogP) is 4.06. The van der Waals surface area contributed by atoms with Crippen molar-refractivity contribution in [2.75, 3.05) is 0 Å². The summed E-state index contributed by atoms with van der Waals surface area (Å²) in [7, 11) is -0.577. The van der Waals surface area contributed by atoms with E-state index in [0.29, 0.717) is 0 Å². The van der Waals surface area contributed by atoms with Gasteiger partial charge in [-0.2, -0.15) is 5.26 Å². The molecule has 0 radical (unpaired) electrons. The minimum Gasteiger partial charge on any atom is -0.193 e. The molecular weight excluding hydrogens is 285 g/mol. The van der Waals surface area contributed by atoms with Crippen LogP contribution in [0.25, 0.3) is 0 Å². The Kier molecular flexibility index (Phi) is 4.64. The van der Waals surface area contributed by atoms with Crippen LogP contribution in [0.1, 0.15) is 0 Å². The van der Waals surface area contributed by atoms with E-state index in [4.69, 9.17) is 5.26 Å². The molecule has 0 N–H and O–H groups in total. The average molecular weight is 301 g/mol. The fourth-order valence-corrected chi connectivity index (χ4v) is 5.29. The second-order valence-electron chi connectivity index (χ2n) is 5.00. The van der Waals surface area contributed by atoms with Gasteiger partial charge in [-0.15, -0.1) is 0 Å². The van der Waals surface area contributed by atoms with E-state index < -0.39 is 7.92 Å². The van der Waals surface area contributed by atoms with Gasteiger partial charge in [0.1, 0.15) is 0 Å². The van der Waals surface area contributed by atoms with Crippen LogP contribution < -0.4 is 10.6 Å². The van der Waals surface area contributed by atoms with Crippen LogP contribution in [0.4, 0.5) is 0 Å². The van der Waals surface area contributed by atoms with E-state index in [2.05, 4.69) is 72.8 Å². The molecule has 2 aromatic carbocycles. The lowest BCUT2D eigenvalue weighted by molar-refractivity contribution is 1.27. The van der Waals surface area contributed by atoms with Crippen LogP contribution in [0.2, 0.25) is 0 Å². The molecule has 1 aliphatic carbocycles. The zero-order chi connectivity index (χ0) is 15.2. The zero-order valence-corrected chi connectivity index (χ0v) is 13.0. The van der Waals surface area contributed by atoms with E-state index in [-0.39, 0.29) is 5.66 Å². The van der Waals surface area contributed by atoms with Gasteiger partial charge in [0.2, 0.25) is 0 Å². The molecule has 1 aliphatic rings.